The Kier molecular flexibility index (Phi) is 6.01. The minimum Gasteiger partial charge on any atom is -0.484 e. The molecule has 0 saturated heterocycles. The van der Waals surface area contributed by atoms with Crippen molar-refractivity contribution in [3.8, 4) is 11.8 Å². The fourth-order valence-corrected chi connectivity index (χ4v) is 1.74. The van der Waals surface area contributed by atoms with E-state index >= 15 is 0 Å². The van der Waals surface area contributed by atoms with Crippen LogP contribution < -0.4 is 10.1 Å². The fourth-order valence-electron chi connectivity index (χ4n) is 1.74. The molecule has 0 radical (unpaired) electrons. The van der Waals surface area contributed by atoms with Crippen LogP contribution in [0.3, 0.4) is 0 Å². The molecule has 1 unspecified atom stereocenters. The highest BCUT2D eigenvalue weighted by molar-refractivity contribution is 5.77. The Bertz CT molecular complexity index is 475. The summed E-state index contributed by atoms with van der Waals surface area (Å²) in [5.41, 5.74) is -0.351. The first-order chi connectivity index (χ1) is 9.46. The standard InChI is InChI=1S/C15H20N2O3/c1-3-8-15(2,19)11-17-14(18)10-20-13-6-4-12(9-16)5-7-13/h4-7,19H,3,8,10-11H2,1-2H3,(H,17,18). The number of aliphatic hydroxyl groups is 1. The summed E-state index contributed by atoms with van der Waals surface area (Å²) < 4.78 is 5.29. The molecular formula is C15H20N2O3. The molecule has 1 atom stereocenters. The number of carbonyl (C=O) groups excluding carboxylic acids is 1. The molecule has 0 saturated carbocycles. The molecular weight excluding hydrogens is 256 g/mol. The largest absolute Gasteiger partial charge is 0.484 e. The van der Waals surface area contributed by atoms with Crippen LogP contribution in [-0.2, 0) is 4.79 Å². The molecule has 0 heterocycles. The van der Waals surface area contributed by atoms with E-state index in [1.165, 1.54) is 0 Å². The second kappa shape index (κ2) is 7.51. The Labute approximate surface area is 119 Å². The van der Waals surface area contributed by atoms with Gasteiger partial charge in [-0.1, -0.05) is 13.3 Å². The minimum absolute atomic E-state index is 0.117. The van der Waals surface area contributed by atoms with Gasteiger partial charge in [-0.3, -0.25) is 4.79 Å². The summed E-state index contributed by atoms with van der Waals surface area (Å²) in [7, 11) is 0. The molecule has 0 spiro atoms. The van der Waals surface area contributed by atoms with Gasteiger partial charge in [0.1, 0.15) is 5.75 Å². The number of carbonyl (C=O) groups is 1. The zero-order valence-electron chi connectivity index (χ0n) is 11.8. The van der Waals surface area contributed by atoms with Crippen molar-refractivity contribution in [1.29, 1.82) is 5.26 Å². The average Bonchev–Trinajstić information content (AvgIpc) is 2.43. The number of benzene rings is 1. The van der Waals surface area contributed by atoms with Crippen LogP contribution in [0.25, 0.3) is 0 Å². The molecule has 1 rings (SSSR count). The molecule has 0 aliphatic heterocycles. The number of nitrogens with one attached hydrogen (secondary N) is 1. The maximum absolute atomic E-state index is 11.6. The van der Waals surface area contributed by atoms with Gasteiger partial charge in [0, 0.05) is 6.54 Å². The molecule has 0 fully saturated rings. The quantitative estimate of drug-likeness (QED) is 0.792. The first-order valence-electron chi connectivity index (χ1n) is 6.59. The highest BCUT2D eigenvalue weighted by Crippen LogP contribution is 2.12. The molecule has 1 aromatic rings. The zero-order chi connectivity index (χ0) is 15.0. The smallest absolute Gasteiger partial charge is 0.258 e. The molecule has 20 heavy (non-hydrogen) atoms. The topological polar surface area (TPSA) is 82.3 Å². The van der Waals surface area contributed by atoms with Gasteiger partial charge in [0.25, 0.3) is 5.91 Å². The normalized spacial score (nSPS) is 13.1. The van der Waals surface area contributed by atoms with Crippen molar-refractivity contribution in [2.75, 3.05) is 13.2 Å². The molecule has 2 N–H and O–H groups in total. The molecule has 0 aliphatic rings. The Balaban J connectivity index is 2.34. The lowest BCUT2D eigenvalue weighted by Crippen LogP contribution is -2.42. The Morgan fingerprint density at radius 2 is 2.10 bits per heavy atom. The Hall–Kier alpha value is -2.06. The van der Waals surface area contributed by atoms with Crippen molar-refractivity contribution in [2.24, 2.45) is 0 Å². The first kappa shape index (κ1) is 16.0. The lowest BCUT2D eigenvalue weighted by atomic mass is 10.0. The van der Waals surface area contributed by atoms with Crippen molar-refractivity contribution in [1.82, 2.24) is 5.32 Å². The summed E-state index contributed by atoms with van der Waals surface area (Å²) >= 11 is 0. The highest BCUT2D eigenvalue weighted by atomic mass is 16.5. The second-order valence-electron chi connectivity index (χ2n) is 4.95. The highest BCUT2D eigenvalue weighted by Gasteiger charge is 2.19. The van der Waals surface area contributed by atoms with Crippen molar-refractivity contribution >= 4 is 5.91 Å². The van der Waals surface area contributed by atoms with Crippen molar-refractivity contribution in [3.05, 3.63) is 29.8 Å². The van der Waals surface area contributed by atoms with E-state index in [0.717, 1.165) is 6.42 Å². The number of rotatable bonds is 7. The van der Waals surface area contributed by atoms with Crippen LogP contribution in [0.4, 0.5) is 0 Å². The van der Waals surface area contributed by atoms with Gasteiger partial charge in [-0.25, -0.2) is 0 Å². The van der Waals surface area contributed by atoms with E-state index in [0.29, 0.717) is 17.7 Å². The summed E-state index contributed by atoms with van der Waals surface area (Å²) in [5, 5.41) is 21.2. The molecule has 0 aromatic heterocycles. The monoisotopic (exact) mass is 276 g/mol. The summed E-state index contributed by atoms with van der Waals surface area (Å²) in [5.74, 6) is 0.241. The molecule has 108 valence electrons. The molecule has 1 amide bonds. The van der Waals surface area contributed by atoms with Crippen LogP contribution >= 0.6 is 0 Å². The van der Waals surface area contributed by atoms with E-state index in [2.05, 4.69) is 5.32 Å². The lowest BCUT2D eigenvalue weighted by molar-refractivity contribution is -0.124. The molecule has 5 heteroatoms. The zero-order valence-corrected chi connectivity index (χ0v) is 11.8. The third kappa shape index (κ3) is 5.72. The minimum atomic E-state index is -0.890. The number of amides is 1. The van der Waals surface area contributed by atoms with Crippen LogP contribution in [0.5, 0.6) is 5.75 Å². The molecule has 1 aromatic carbocycles. The second-order valence-corrected chi connectivity index (χ2v) is 4.95. The van der Waals surface area contributed by atoms with Crippen LogP contribution in [0, 0.1) is 11.3 Å². The third-order valence-corrected chi connectivity index (χ3v) is 2.81. The predicted octanol–water partition coefficient (Wildman–Crippen LogP) is 1.60. The number of nitrogens with zero attached hydrogens (tertiary/aromatic N) is 1. The van der Waals surface area contributed by atoms with Crippen molar-refractivity contribution in [3.63, 3.8) is 0 Å². The van der Waals surface area contributed by atoms with E-state index in [9.17, 15) is 9.90 Å². The lowest BCUT2D eigenvalue weighted by Gasteiger charge is -2.22. The van der Waals surface area contributed by atoms with E-state index in [-0.39, 0.29) is 19.1 Å². The van der Waals surface area contributed by atoms with Gasteiger partial charge in [0.05, 0.1) is 17.2 Å². The molecule has 0 bridgehead atoms. The summed E-state index contributed by atoms with van der Waals surface area (Å²) in [4.78, 5) is 11.6. The van der Waals surface area contributed by atoms with Crippen molar-refractivity contribution < 1.29 is 14.6 Å². The van der Waals surface area contributed by atoms with Gasteiger partial charge in [-0.05, 0) is 37.6 Å². The van der Waals surface area contributed by atoms with Gasteiger partial charge >= 0.3 is 0 Å². The van der Waals surface area contributed by atoms with Crippen LogP contribution in [0.15, 0.2) is 24.3 Å². The first-order valence-corrected chi connectivity index (χ1v) is 6.59. The number of ether oxygens (including phenoxy) is 1. The number of nitriles is 1. The van der Waals surface area contributed by atoms with Gasteiger partial charge < -0.3 is 15.2 Å². The molecule has 5 nitrogen and oxygen atoms in total. The maximum Gasteiger partial charge on any atom is 0.258 e. The number of hydrogen-bond acceptors (Lipinski definition) is 4. The maximum atomic E-state index is 11.6. The van der Waals surface area contributed by atoms with Gasteiger partial charge in [0.2, 0.25) is 0 Å². The van der Waals surface area contributed by atoms with Crippen LogP contribution in [0.2, 0.25) is 0 Å². The number of hydrogen-bond donors (Lipinski definition) is 2. The van der Waals surface area contributed by atoms with Gasteiger partial charge in [0.15, 0.2) is 6.61 Å². The fraction of sp³-hybridized carbons (Fsp3) is 0.467. The average molecular weight is 276 g/mol. The Morgan fingerprint density at radius 3 is 2.65 bits per heavy atom. The van der Waals surface area contributed by atoms with E-state index in [1.54, 1.807) is 31.2 Å². The molecule has 0 aliphatic carbocycles. The van der Waals surface area contributed by atoms with Crippen LogP contribution in [-0.4, -0.2) is 29.8 Å². The predicted molar refractivity (Wildman–Crippen MR) is 75.2 cm³/mol. The van der Waals surface area contributed by atoms with E-state index < -0.39 is 5.60 Å². The van der Waals surface area contributed by atoms with Gasteiger partial charge in [-0.15, -0.1) is 0 Å². The SMILES string of the molecule is CCCC(C)(O)CNC(=O)COc1ccc(C#N)cc1. The van der Waals surface area contributed by atoms with Gasteiger partial charge in [-0.2, -0.15) is 5.26 Å². The summed E-state index contributed by atoms with van der Waals surface area (Å²) in [6.45, 7) is 3.76. The summed E-state index contributed by atoms with van der Waals surface area (Å²) in [6, 6.07) is 8.53. The summed E-state index contributed by atoms with van der Waals surface area (Å²) in [6.07, 6.45) is 1.48. The Morgan fingerprint density at radius 1 is 1.45 bits per heavy atom. The van der Waals surface area contributed by atoms with E-state index in [4.69, 9.17) is 10.00 Å². The third-order valence-electron chi connectivity index (χ3n) is 2.81. The van der Waals surface area contributed by atoms with Crippen molar-refractivity contribution in [2.45, 2.75) is 32.3 Å². The van der Waals surface area contributed by atoms with E-state index in [1.807, 2.05) is 13.0 Å². The van der Waals surface area contributed by atoms with Crippen LogP contribution in [0.1, 0.15) is 32.3 Å².